The van der Waals surface area contributed by atoms with E-state index in [-0.39, 0.29) is 35.7 Å². The molecule has 2 aliphatic heterocycles. The molecule has 37 heavy (non-hydrogen) atoms. The number of nitrogens with zero attached hydrogens (tertiary/aromatic N) is 2. The van der Waals surface area contributed by atoms with Crippen molar-refractivity contribution in [2.45, 2.75) is 51.1 Å². The Morgan fingerprint density at radius 3 is 2.43 bits per heavy atom. The van der Waals surface area contributed by atoms with E-state index in [1.54, 1.807) is 7.11 Å². The quantitative estimate of drug-likeness (QED) is 0.428. The molecule has 2 heterocycles. The fourth-order valence-electron chi connectivity index (χ4n) is 5.73. The van der Waals surface area contributed by atoms with Crippen LogP contribution in [0.3, 0.4) is 0 Å². The number of piperidine rings is 1. The fourth-order valence-corrected chi connectivity index (χ4v) is 5.99. The SMILES string of the molecule is COc1ccccc1C(CCN1CCC2(CC1)CCN(Cc1ccc(Br)cc1)C2=O)NC(=O)C1CC1.Cl. The molecule has 0 aromatic heterocycles. The van der Waals surface area contributed by atoms with Gasteiger partial charge in [-0.15, -0.1) is 12.4 Å². The Bertz CT molecular complexity index is 1080. The summed E-state index contributed by atoms with van der Waals surface area (Å²) >= 11 is 3.48. The predicted molar refractivity (Wildman–Crippen MR) is 151 cm³/mol. The molecular weight excluding hydrogens is 554 g/mol. The summed E-state index contributed by atoms with van der Waals surface area (Å²) in [6.07, 6.45) is 5.59. The lowest BCUT2D eigenvalue weighted by Gasteiger charge is -2.38. The van der Waals surface area contributed by atoms with Gasteiger partial charge in [-0.05, 0) is 75.4 Å². The lowest BCUT2D eigenvalue weighted by atomic mass is 9.77. The van der Waals surface area contributed by atoms with Crippen LogP contribution in [0, 0.1) is 11.3 Å². The van der Waals surface area contributed by atoms with E-state index in [2.05, 4.69) is 44.3 Å². The summed E-state index contributed by atoms with van der Waals surface area (Å²) in [5, 5.41) is 3.29. The molecule has 2 aromatic rings. The average Bonchev–Trinajstić information content (AvgIpc) is 3.72. The number of halogens is 2. The van der Waals surface area contributed by atoms with Crippen LogP contribution in [-0.2, 0) is 16.1 Å². The Morgan fingerprint density at radius 1 is 1.08 bits per heavy atom. The minimum Gasteiger partial charge on any atom is -0.496 e. The molecule has 1 spiro atoms. The van der Waals surface area contributed by atoms with Crippen LogP contribution in [-0.4, -0.2) is 54.9 Å². The van der Waals surface area contributed by atoms with Crippen LogP contribution in [0.4, 0.5) is 0 Å². The van der Waals surface area contributed by atoms with Crippen molar-refractivity contribution in [2.24, 2.45) is 11.3 Å². The Balaban J connectivity index is 0.00000320. The number of para-hydroxylation sites is 1. The maximum absolute atomic E-state index is 13.4. The number of ether oxygens (including phenoxy) is 1. The highest BCUT2D eigenvalue weighted by atomic mass is 79.9. The van der Waals surface area contributed by atoms with E-state index in [4.69, 9.17) is 4.74 Å². The fraction of sp³-hybridized carbons (Fsp3) is 0.517. The zero-order valence-electron chi connectivity index (χ0n) is 21.5. The summed E-state index contributed by atoms with van der Waals surface area (Å²) in [5.74, 6) is 1.48. The van der Waals surface area contributed by atoms with Gasteiger partial charge in [-0.2, -0.15) is 0 Å². The number of hydrogen-bond donors (Lipinski definition) is 1. The molecule has 6 nitrogen and oxygen atoms in total. The van der Waals surface area contributed by atoms with Gasteiger partial charge in [0.15, 0.2) is 0 Å². The van der Waals surface area contributed by atoms with E-state index >= 15 is 0 Å². The van der Waals surface area contributed by atoms with E-state index in [1.165, 1.54) is 5.56 Å². The van der Waals surface area contributed by atoms with Crippen LogP contribution in [0.5, 0.6) is 5.75 Å². The highest BCUT2D eigenvalue weighted by molar-refractivity contribution is 9.10. The first-order chi connectivity index (χ1) is 17.5. The summed E-state index contributed by atoms with van der Waals surface area (Å²) in [6.45, 7) is 4.28. The largest absolute Gasteiger partial charge is 0.496 e. The van der Waals surface area contributed by atoms with Crippen molar-refractivity contribution >= 4 is 40.2 Å². The molecule has 8 heteroatoms. The molecule has 2 saturated heterocycles. The number of carbonyl (C=O) groups excluding carboxylic acids is 2. The van der Waals surface area contributed by atoms with Gasteiger partial charge in [-0.3, -0.25) is 9.59 Å². The van der Waals surface area contributed by atoms with Gasteiger partial charge in [0.2, 0.25) is 11.8 Å². The minimum absolute atomic E-state index is 0. The number of rotatable bonds is 9. The van der Waals surface area contributed by atoms with Gasteiger partial charge in [0.1, 0.15) is 5.75 Å². The lowest BCUT2D eigenvalue weighted by molar-refractivity contribution is -0.139. The summed E-state index contributed by atoms with van der Waals surface area (Å²) in [7, 11) is 1.68. The second-order valence-electron chi connectivity index (χ2n) is 10.6. The number of benzene rings is 2. The van der Waals surface area contributed by atoms with E-state index in [9.17, 15) is 9.59 Å². The Hall–Kier alpha value is -2.09. The first kappa shape index (κ1) is 27.9. The maximum atomic E-state index is 13.4. The molecule has 2 aromatic carbocycles. The Labute approximate surface area is 234 Å². The summed E-state index contributed by atoms with van der Waals surface area (Å²) in [5.41, 5.74) is 2.02. The van der Waals surface area contributed by atoms with Gasteiger partial charge in [-0.1, -0.05) is 46.3 Å². The van der Waals surface area contributed by atoms with Crippen LogP contribution in [0.2, 0.25) is 0 Å². The summed E-state index contributed by atoms with van der Waals surface area (Å²) in [4.78, 5) is 30.5. The predicted octanol–water partition coefficient (Wildman–Crippen LogP) is 5.35. The molecular formula is C29H37BrClN3O3. The van der Waals surface area contributed by atoms with Crippen molar-refractivity contribution in [3.63, 3.8) is 0 Å². The minimum atomic E-state index is -0.200. The van der Waals surface area contributed by atoms with Gasteiger partial charge < -0.3 is 19.9 Å². The van der Waals surface area contributed by atoms with Gasteiger partial charge >= 0.3 is 0 Å². The number of methoxy groups -OCH3 is 1. The number of amides is 2. The number of hydrogen-bond acceptors (Lipinski definition) is 4. The lowest BCUT2D eigenvalue weighted by Crippen LogP contribution is -2.45. The monoisotopic (exact) mass is 589 g/mol. The zero-order chi connectivity index (χ0) is 25.1. The third kappa shape index (κ3) is 6.50. The van der Waals surface area contributed by atoms with E-state index in [0.717, 1.165) is 80.5 Å². The van der Waals surface area contributed by atoms with Gasteiger partial charge in [0.05, 0.1) is 18.6 Å². The third-order valence-corrected chi connectivity index (χ3v) is 8.74. The molecule has 3 aliphatic rings. The molecule has 200 valence electrons. The number of likely N-dealkylation sites (tertiary alicyclic amines) is 2. The molecule has 2 amide bonds. The molecule has 1 unspecified atom stereocenters. The topological polar surface area (TPSA) is 61.9 Å². The number of carbonyl (C=O) groups is 2. The van der Waals surface area contributed by atoms with E-state index in [0.29, 0.717) is 12.5 Å². The molecule has 5 rings (SSSR count). The van der Waals surface area contributed by atoms with Crippen molar-refractivity contribution in [3.8, 4) is 5.75 Å². The van der Waals surface area contributed by atoms with Crippen LogP contribution in [0.1, 0.15) is 55.7 Å². The Morgan fingerprint density at radius 2 is 1.76 bits per heavy atom. The summed E-state index contributed by atoms with van der Waals surface area (Å²) in [6, 6.07) is 16.2. The highest BCUT2D eigenvalue weighted by Gasteiger charge is 2.47. The van der Waals surface area contributed by atoms with Crippen LogP contribution in [0.15, 0.2) is 53.0 Å². The Kier molecular flexibility index (Phi) is 9.20. The van der Waals surface area contributed by atoms with Crippen molar-refractivity contribution < 1.29 is 14.3 Å². The molecule has 1 aliphatic carbocycles. The normalized spacial score (nSPS) is 19.9. The van der Waals surface area contributed by atoms with Gasteiger partial charge in [0.25, 0.3) is 0 Å². The van der Waals surface area contributed by atoms with Crippen LogP contribution in [0.25, 0.3) is 0 Å². The average molecular weight is 591 g/mol. The van der Waals surface area contributed by atoms with E-state index in [1.807, 2.05) is 35.2 Å². The second kappa shape index (κ2) is 12.2. The first-order valence-electron chi connectivity index (χ1n) is 13.2. The van der Waals surface area contributed by atoms with Gasteiger partial charge in [-0.25, -0.2) is 0 Å². The van der Waals surface area contributed by atoms with Crippen LogP contribution >= 0.6 is 28.3 Å². The van der Waals surface area contributed by atoms with Gasteiger partial charge in [0, 0.05) is 35.6 Å². The third-order valence-electron chi connectivity index (χ3n) is 8.21. The van der Waals surface area contributed by atoms with E-state index < -0.39 is 0 Å². The smallest absolute Gasteiger partial charge is 0.229 e. The zero-order valence-corrected chi connectivity index (χ0v) is 23.9. The van der Waals surface area contributed by atoms with Crippen LogP contribution < -0.4 is 10.1 Å². The molecule has 1 atom stereocenters. The second-order valence-corrected chi connectivity index (χ2v) is 11.5. The summed E-state index contributed by atoms with van der Waals surface area (Å²) < 4.78 is 6.66. The molecule has 0 radical (unpaired) electrons. The first-order valence-corrected chi connectivity index (χ1v) is 14.0. The number of nitrogens with one attached hydrogen (secondary N) is 1. The standard InChI is InChI=1S/C29H36BrN3O3.ClH/c1-36-26-5-3-2-4-24(26)25(31-27(34)22-8-9-22)12-16-32-17-13-29(14-18-32)15-19-33(28(29)35)20-21-6-10-23(30)11-7-21;/h2-7,10-11,22,25H,8-9,12-20H2,1H3,(H,31,34);1H. The van der Waals surface area contributed by atoms with Crippen molar-refractivity contribution in [1.82, 2.24) is 15.1 Å². The molecule has 1 N–H and O–H groups in total. The van der Waals surface area contributed by atoms with Crippen molar-refractivity contribution in [3.05, 3.63) is 64.1 Å². The van der Waals surface area contributed by atoms with Crippen molar-refractivity contribution in [1.29, 1.82) is 0 Å². The van der Waals surface area contributed by atoms with Crippen molar-refractivity contribution in [2.75, 3.05) is 33.3 Å². The molecule has 1 saturated carbocycles. The molecule has 3 fully saturated rings. The maximum Gasteiger partial charge on any atom is 0.229 e. The molecule has 0 bridgehead atoms. The highest BCUT2D eigenvalue weighted by Crippen LogP contribution is 2.42.